The summed E-state index contributed by atoms with van der Waals surface area (Å²) in [6, 6.07) is 24.6. The molecule has 2 aromatic heterocycles. The number of fused-ring (bicyclic) bond motifs is 1. The molecule has 5 rings (SSSR count). The Morgan fingerprint density at radius 2 is 1.43 bits per heavy atom. The van der Waals surface area contributed by atoms with E-state index in [9.17, 15) is 4.79 Å². The molecule has 0 aliphatic heterocycles. The van der Waals surface area contributed by atoms with Gasteiger partial charge in [0.1, 0.15) is 9.71 Å². The van der Waals surface area contributed by atoms with Gasteiger partial charge in [-0.3, -0.25) is 4.79 Å². The number of rotatable bonds is 4. The Balaban J connectivity index is 1.65. The third kappa shape index (κ3) is 4.43. The van der Waals surface area contributed by atoms with Crippen LogP contribution in [0.15, 0.2) is 72.8 Å². The van der Waals surface area contributed by atoms with Crippen molar-refractivity contribution in [2.75, 3.05) is 11.1 Å². The Labute approximate surface area is 209 Å². The van der Waals surface area contributed by atoms with Crippen molar-refractivity contribution in [2.45, 2.75) is 27.7 Å². The number of aryl methyl sites for hydroxylation is 4. The molecule has 2 heterocycles. The number of pyridine rings is 1. The monoisotopic (exact) mass is 477 g/mol. The molecule has 0 atom stereocenters. The topological polar surface area (TPSA) is 68.0 Å². The quantitative estimate of drug-likeness (QED) is 0.279. The number of hydrogen-bond acceptors (Lipinski definition) is 4. The Morgan fingerprint density at radius 1 is 0.800 bits per heavy atom. The number of carbonyl (C=O) groups is 1. The number of nitrogen functional groups attached to an aromatic ring is 1. The molecule has 0 aliphatic carbocycles. The first-order valence-electron chi connectivity index (χ1n) is 11.6. The molecule has 1 amide bonds. The van der Waals surface area contributed by atoms with E-state index >= 15 is 0 Å². The Bertz CT molecular complexity index is 1560. The van der Waals surface area contributed by atoms with Gasteiger partial charge in [-0.05, 0) is 68.1 Å². The summed E-state index contributed by atoms with van der Waals surface area (Å²) < 4.78 is 0. The number of amides is 1. The minimum atomic E-state index is -0.222. The van der Waals surface area contributed by atoms with Gasteiger partial charge >= 0.3 is 0 Å². The highest BCUT2D eigenvalue weighted by Crippen LogP contribution is 2.41. The van der Waals surface area contributed by atoms with Crippen LogP contribution in [0.5, 0.6) is 0 Å². The van der Waals surface area contributed by atoms with Crippen LogP contribution in [-0.2, 0) is 0 Å². The summed E-state index contributed by atoms with van der Waals surface area (Å²) in [5, 5.41) is 3.83. The number of nitrogens with one attached hydrogen (secondary N) is 1. The van der Waals surface area contributed by atoms with E-state index in [0.717, 1.165) is 43.9 Å². The third-order valence-electron chi connectivity index (χ3n) is 6.38. The molecule has 0 saturated heterocycles. The predicted molar refractivity (Wildman–Crippen MR) is 148 cm³/mol. The van der Waals surface area contributed by atoms with Crippen molar-refractivity contribution in [2.24, 2.45) is 0 Å². The zero-order valence-corrected chi connectivity index (χ0v) is 21.1. The van der Waals surface area contributed by atoms with Crippen LogP contribution in [0, 0.1) is 27.7 Å². The summed E-state index contributed by atoms with van der Waals surface area (Å²) in [7, 11) is 0. The maximum atomic E-state index is 13.3. The second-order valence-corrected chi connectivity index (χ2v) is 10.1. The van der Waals surface area contributed by atoms with Crippen molar-refractivity contribution < 1.29 is 4.79 Å². The minimum absolute atomic E-state index is 0.222. The average Bonchev–Trinajstić information content (AvgIpc) is 3.18. The largest absolute Gasteiger partial charge is 0.397 e. The summed E-state index contributed by atoms with van der Waals surface area (Å²) in [5.74, 6) is -0.222. The normalized spacial score (nSPS) is 11.1. The van der Waals surface area contributed by atoms with Crippen LogP contribution in [0.25, 0.3) is 32.6 Å². The van der Waals surface area contributed by atoms with E-state index in [1.807, 2.05) is 25.1 Å². The molecule has 0 unspecified atom stereocenters. The molecular weight excluding hydrogens is 450 g/mol. The second-order valence-electron chi connectivity index (χ2n) is 9.07. The first-order chi connectivity index (χ1) is 16.8. The highest BCUT2D eigenvalue weighted by Gasteiger charge is 2.22. The summed E-state index contributed by atoms with van der Waals surface area (Å²) in [4.78, 5) is 19.4. The van der Waals surface area contributed by atoms with Crippen LogP contribution in [-0.4, -0.2) is 10.9 Å². The van der Waals surface area contributed by atoms with Gasteiger partial charge in [0.05, 0.1) is 11.4 Å². The summed E-state index contributed by atoms with van der Waals surface area (Å²) in [5.41, 5.74) is 16.4. The molecule has 0 fully saturated rings. The van der Waals surface area contributed by atoms with Gasteiger partial charge in [0.25, 0.3) is 5.91 Å². The number of nitrogens with two attached hydrogens (primary N) is 1. The minimum Gasteiger partial charge on any atom is -0.397 e. The first kappa shape index (κ1) is 22.8. The van der Waals surface area contributed by atoms with Gasteiger partial charge in [-0.2, -0.15) is 0 Å². The molecule has 0 bridgehead atoms. The van der Waals surface area contributed by atoms with Crippen molar-refractivity contribution in [3.63, 3.8) is 0 Å². The van der Waals surface area contributed by atoms with Gasteiger partial charge in [0.2, 0.25) is 0 Å². The maximum absolute atomic E-state index is 13.3. The number of hydrogen-bond donors (Lipinski definition) is 2. The SMILES string of the molecule is Cc1ccc(-c2cc(-c3ccc(C)cc3)c3c(N)c(C(=O)Nc4ccc(C)c(C)c4)sc3n2)cc1. The molecule has 174 valence electrons. The number of thiophene rings is 1. The van der Waals surface area contributed by atoms with Gasteiger partial charge in [-0.25, -0.2) is 4.98 Å². The Hall–Kier alpha value is -3.96. The fraction of sp³-hybridized carbons (Fsp3) is 0.133. The smallest absolute Gasteiger partial charge is 0.267 e. The molecule has 0 saturated carbocycles. The van der Waals surface area contributed by atoms with E-state index < -0.39 is 0 Å². The van der Waals surface area contributed by atoms with Crippen LogP contribution < -0.4 is 11.1 Å². The summed E-state index contributed by atoms with van der Waals surface area (Å²) in [6.07, 6.45) is 0. The maximum Gasteiger partial charge on any atom is 0.267 e. The fourth-order valence-corrected chi connectivity index (χ4v) is 5.14. The van der Waals surface area contributed by atoms with E-state index in [2.05, 4.69) is 80.7 Å². The van der Waals surface area contributed by atoms with Crippen LogP contribution in [0.4, 0.5) is 11.4 Å². The van der Waals surface area contributed by atoms with Gasteiger partial charge < -0.3 is 11.1 Å². The van der Waals surface area contributed by atoms with Gasteiger partial charge in [-0.15, -0.1) is 11.3 Å². The first-order valence-corrected chi connectivity index (χ1v) is 12.4. The fourth-order valence-electron chi connectivity index (χ4n) is 4.13. The van der Waals surface area contributed by atoms with E-state index in [1.165, 1.54) is 28.0 Å². The lowest BCUT2D eigenvalue weighted by Crippen LogP contribution is -2.12. The highest BCUT2D eigenvalue weighted by molar-refractivity contribution is 7.21. The number of aromatic nitrogens is 1. The van der Waals surface area contributed by atoms with Crippen molar-refractivity contribution in [3.05, 3.63) is 99.9 Å². The molecule has 5 heteroatoms. The van der Waals surface area contributed by atoms with Crippen molar-refractivity contribution in [1.29, 1.82) is 0 Å². The lowest BCUT2D eigenvalue weighted by molar-refractivity contribution is 0.103. The van der Waals surface area contributed by atoms with Crippen LogP contribution >= 0.6 is 11.3 Å². The van der Waals surface area contributed by atoms with E-state index in [4.69, 9.17) is 10.7 Å². The van der Waals surface area contributed by atoms with Crippen molar-refractivity contribution in [1.82, 2.24) is 4.98 Å². The lowest BCUT2D eigenvalue weighted by atomic mass is 9.98. The van der Waals surface area contributed by atoms with Crippen LogP contribution in [0.3, 0.4) is 0 Å². The molecule has 3 aromatic carbocycles. The lowest BCUT2D eigenvalue weighted by Gasteiger charge is -2.10. The summed E-state index contributed by atoms with van der Waals surface area (Å²) >= 11 is 1.33. The molecular formula is C30H27N3OS. The molecule has 5 aromatic rings. The number of benzene rings is 3. The van der Waals surface area contributed by atoms with Gasteiger partial charge in [0.15, 0.2) is 0 Å². The average molecular weight is 478 g/mol. The predicted octanol–water partition coefficient (Wildman–Crippen LogP) is 7.70. The zero-order chi connectivity index (χ0) is 24.7. The van der Waals surface area contributed by atoms with E-state index in [-0.39, 0.29) is 5.91 Å². The molecule has 4 nitrogen and oxygen atoms in total. The zero-order valence-electron chi connectivity index (χ0n) is 20.3. The van der Waals surface area contributed by atoms with Crippen molar-refractivity contribution >= 4 is 38.8 Å². The molecule has 3 N–H and O–H groups in total. The van der Waals surface area contributed by atoms with Gasteiger partial charge in [0, 0.05) is 16.6 Å². The Kier molecular flexibility index (Phi) is 5.87. The standard InChI is InChI=1S/C30H27N3OS/c1-17-5-10-21(11-6-17)24-16-25(22-12-7-18(2)8-13-22)33-30-26(24)27(31)28(35-30)29(34)32-23-14-9-19(3)20(4)15-23/h5-16H,31H2,1-4H3,(H,32,34). The highest BCUT2D eigenvalue weighted by atomic mass is 32.1. The number of carbonyl (C=O) groups excluding carboxylic acids is 1. The Morgan fingerprint density at radius 3 is 2.06 bits per heavy atom. The van der Waals surface area contributed by atoms with Crippen LogP contribution in [0.2, 0.25) is 0 Å². The van der Waals surface area contributed by atoms with E-state index in [1.54, 1.807) is 0 Å². The summed E-state index contributed by atoms with van der Waals surface area (Å²) in [6.45, 7) is 8.22. The van der Waals surface area contributed by atoms with Crippen molar-refractivity contribution in [3.8, 4) is 22.4 Å². The van der Waals surface area contributed by atoms with Gasteiger partial charge in [-0.1, -0.05) is 65.7 Å². The molecule has 0 radical (unpaired) electrons. The molecule has 0 spiro atoms. The number of nitrogens with zero attached hydrogens (tertiary/aromatic N) is 1. The number of anilines is 2. The van der Waals surface area contributed by atoms with E-state index in [0.29, 0.717) is 10.6 Å². The molecule has 35 heavy (non-hydrogen) atoms. The molecule has 0 aliphatic rings. The third-order valence-corrected chi connectivity index (χ3v) is 7.48. The van der Waals surface area contributed by atoms with Crippen LogP contribution in [0.1, 0.15) is 31.9 Å². The second kappa shape index (κ2) is 9.01.